The average Bonchev–Trinajstić information content (AvgIpc) is 2.43. The van der Waals surface area contributed by atoms with Crippen LogP contribution < -0.4 is 5.32 Å². The van der Waals surface area contributed by atoms with Crippen molar-refractivity contribution in [3.63, 3.8) is 0 Å². The lowest BCUT2D eigenvalue weighted by molar-refractivity contribution is -0.123. The van der Waals surface area contributed by atoms with Gasteiger partial charge in [0.2, 0.25) is 5.91 Å². The molecule has 1 atom stereocenters. The molecule has 0 radical (unpaired) electrons. The maximum atomic E-state index is 12.2. The molecule has 4 nitrogen and oxygen atoms in total. The van der Waals surface area contributed by atoms with Crippen LogP contribution in [0.4, 0.5) is 0 Å². The summed E-state index contributed by atoms with van der Waals surface area (Å²) in [6.07, 6.45) is 0.672. The van der Waals surface area contributed by atoms with Crippen LogP contribution in [-0.2, 0) is 4.79 Å². The van der Waals surface area contributed by atoms with E-state index in [1.54, 1.807) is 0 Å². The number of carbonyl (C=O) groups excluding carboxylic acids is 1. The van der Waals surface area contributed by atoms with E-state index in [0.29, 0.717) is 24.5 Å². The van der Waals surface area contributed by atoms with Gasteiger partial charge < -0.3 is 10.4 Å². The van der Waals surface area contributed by atoms with Gasteiger partial charge in [-0.1, -0.05) is 29.8 Å². The van der Waals surface area contributed by atoms with E-state index in [-0.39, 0.29) is 24.6 Å². The number of nitrogens with one attached hydrogen (secondary N) is 1. The molecule has 0 aliphatic rings. The molecule has 0 aromatic heterocycles. The molecule has 0 saturated heterocycles. The number of halogens is 1. The smallest absolute Gasteiger partial charge is 0.234 e. The van der Waals surface area contributed by atoms with Gasteiger partial charge in [0.05, 0.1) is 12.6 Å². The number of aliphatic hydroxyl groups excluding tert-OH is 1. The fourth-order valence-corrected chi connectivity index (χ4v) is 2.47. The number of nitrogens with zero attached hydrogens (tertiary/aromatic N) is 1. The Hall–Kier alpha value is -1.10. The molecule has 0 spiro atoms. The van der Waals surface area contributed by atoms with Gasteiger partial charge in [-0.15, -0.1) is 0 Å². The minimum absolute atomic E-state index is 0.0333. The van der Waals surface area contributed by atoms with E-state index in [2.05, 4.69) is 5.32 Å². The normalized spacial score (nSPS) is 12.7. The molecule has 5 heteroatoms. The fraction of sp³-hybridized carbons (Fsp3) is 0.562. The Kier molecular flexibility index (Phi) is 7.72. The van der Waals surface area contributed by atoms with Crippen molar-refractivity contribution in [1.82, 2.24) is 10.2 Å². The molecular weight excluding hydrogens is 288 g/mol. The van der Waals surface area contributed by atoms with Gasteiger partial charge in [0.1, 0.15) is 0 Å². The number of carbonyl (C=O) groups is 1. The topological polar surface area (TPSA) is 52.6 Å². The maximum absolute atomic E-state index is 12.2. The third-order valence-corrected chi connectivity index (χ3v) is 3.77. The summed E-state index contributed by atoms with van der Waals surface area (Å²) in [7, 11) is 0. The van der Waals surface area contributed by atoms with Gasteiger partial charge in [-0.25, -0.2) is 0 Å². The molecular formula is C16H25ClN2O2. The summed E-state index contributed by atoms with van der Waals surface area (Å²) in [6.45, 7) is 7.19. The zero-order valence-corrected chi connectivity index (χ0v) is 13.7. The Labute approximate surface area is 132 Å². The predicted octanol–water partition coefficient (Wildman–Crippen LogP) is 2.61. The maximum Gasteiger partial charge on any atom is 0.234 e. The lowest BCUT2D eigenvalue weighted by Crippen LogP contribution is -2.42. The summed E-state index contributed by atoms with van der Waals surface area (Å²) in [5.41, 5.74) is 0.916. The first kappa shape index (κ1) is 18.0. The molecule has 118 valence electrons. The Morgan fingerprint density at radius 1 is 1.33 bits per heavy atom. The molecule has 0 bridgehead atoms. The van der Waals surface area contributed by atoms with Gasteiger partial charge in [-0.05, 0) is 38.8 Å². The zero-order chi connectivity index (χ0) is 15.8. The standard InChI is InChI=1S/C16H25ClN2O2/c1-12(2)19(9-6-10-20)11-16(21)18-13(3)14-7-4-5-8-15(14)17/h4-5,7-8,12-13,20H,6,9-11H2,1-3H3,(H,18,21). The van der Waals surface area contributed by atoms with Gasteiger partial charge in [-0.2, -0.15) is 0 Å². The third-order valence-electron chi connectivity index (χ3n) is 3.43. The van der Waals surface area contributed by atoms with E-state index in [1.807, 2.05) is 49.9 Å². The van der Waals surface area contributed by atoms with Crippen molar-refractivity contribution in [1.29, 1.82) is 0 Å². The van der Waals surface area contributed by atoms with E-state index in [1.165, 1.54) is 0 Å². The molecule has 1 rings (SSSR count). The number of amides is 1. The second-order valence-electron chi connectivity index (χ2n) is 5.45. The molecule has 21 heavy (non-hydrogen) atoms. The van der Waals surface area contributed by atoms with E-state index < -0.39 is 0 Å². The van der Waals surface area contributed by atoms with Crippen molar-refractivity contribution >= 4 is 17.5 Å². The third kappa shape index (κ3) is 6.04. The van der Waals surface area contributed by atoms with Gasteiger partial charge in [-0.3, -0.25) is 9.69 Å². The van der Waals surface area contributed by atoms with Crippen LogP contribution in [-0.4, -0.2) is 41.7 Å². The molecule has 2 N–H and O–H groups in total. The first-order valence-corrected chi connectivity index (χ1v) is 7.72. The van der Waals surface area contributed by atoms with Crippen LogP contribution in [0, 0.1) is 0 Å². The molecule has 0 fully saturated rings. The Bertz CT molecular complexity index is 452. The molecule has 0 aliphatic heterocycles. The molecule has 1 amide bonds. The van der Waals surface area contributed by atoms with Crippen LogP contribution in [0.1, 0.15) is 38.8 Å². The van der Waals surface area contributed by atoms with Crippen molar-refractivity contribution in [2.75, 3.05) is 19.7 Å². The Morgan fingerprint density at radius 3 is 2.57 bits per heavy atom. The van der Waals surface area contributed by atoms with Crippen LogP contribution in [0.5, 0.6) is 0 Å². The molecule has 0 saturated carbocycles. The van der Waals surface area contributed by atoms with Crippen molar-refractivity contribution < 1.29 is 9.90 Å². The highest BCUT2D eigenvalue weighted by molar-refractivity contribution is 6.31. The number of benzene rings is 1. The number of hydrogen-bond acceptors (Lipinski definition) is 3. The predicted molar refractivity (Wildman–Crippen MR) is 86.4 cm³/mol. The van der Waals surface area contributed by atoms with E-state index in [9.17, 15) is 4.79 Å². The lowest BCUT2D eigenvalue weighted by Gasteiger charge is -2.26. The highest BCUT2D eigenvalue weighted by atomic mass is 35.5. The van der Waals surface area contributed by atoms with Crippen LogP contribution in [0.15, 0.2) is 24.3 Å². The van der Waals surface area contributed by atoms with Crippen molar-refractivity contribution in [3.8, 4) is 0 Å². The van der Waals surface area contributed by atoms with E-state index in [4.69, 9.17) is 16.7 Å². The van der Waals surface area contributed by atoms with Gasteiger partial charge in [0.15, 0.2) is 0 Å². The Morgan fingerprint density at radius 2 is 2.00 bits per heavy atom. The minimum atomic E-state index is -0.127. The summed E-state index contributed by atoms with van der Waals surface area (Å²) in [5, 5.41) is 12.5. The minimum Gasteiger partial charge on any atom is -0.396 e. The largest absolute Gasteiger partial charge is 0.396 e. The lowest BCUT2D eigenvalue weighted by atomic mass is 10.1. The molecule has 0 heterocycles. The second-order valence-corrected chi connectivity index (χ2v) is 5.86. The van der Waals surface area contributed by atoms with E-state index >= 15 is 0 Å². The highest BCUT2D eigenvalue weighted by Crippen LogP contribution is 2.21. The summed E-state index contributed by atoms with van der Waals surface area (Å²) in [6, 6.07) is 7.65. The van der Waals surface area contributed by atoms with Crippen molar-refractivity contribution in [3.05, 3.63) is 34.9 Å². The SMILES string of the molecule is CC(NC(=O)CN(CCCO)C(C)C)c1ccccc1Cl. The number of aliphatic hydroxyl groups is 1. The van der Waals surface area contributed by atoms with Crippen LogP contribution in [0.3, 0.4) is 0 Å². The van der Waals surface area contributed by atoms with Crippen LogP contribution >= 0.6 is 11.6 Å². The van der Waals surface area contributed by atoms with Crippen molar-refractivity contribution in [2.45, 2.75) is 39.3 Å². The van der Waals surface area contributed by atoms with Gasteiger partial charge >= 0.3 is 0 Å². The fourth-order valence-electron chi connectivity index (χ4n) is 2.17. The van der Waals surface area contributed by atoms with Crippen molar-refractivity contribution in [2.24, 2.45) is 0 Å². The van der Waals surface area contributed by atoms with Gasteiger partial charge in [0.25, 0.3) is 0 Å². The summed E-state index contributed by atoms with van der Waals surface area (Å²) < 4.78 is 0. The number of hydrogen-bond donors (Lipinski definition) is 2. The molecule has 0 aliphatic carbocycles. The monoisotopic (exact) mass is 312 g/mol. The first-order valence-electron chi connectivity index (χ1n) is 7.34. The average molecular weight is 313 g/mol. The molecule has 1 aromatic carbocycles. The Balaban J connectivity index is 2.57. The second kappa shape index (κ2) is 9.03. The quantitative estimate of drug-likeness (QED) is 0.776. The van der Waals surface area contributed by atoms with Crippen LogP contribution in [0.2, 0.25) is 5.02 Å². The zero-order valence-electron chi connectivity index (χ0n) is 13.0. The number of rotatable bonds is 8. The summed E-state index contributed by atoms with van der Waals surface area (Å²) in [4.78, 5) is 14.2. The molecule has 1 unspecified atom stereocenters. The summed E-state index contributed by atoms with van der Waals surface area (Å²) >= 11 is 6.14. The molecule has 1 aromatic rings. The first-order chi connectivity index (χ1) is 9.95. The van der Waals surface area contributed by atoms with Crippen LogP contribution in [0.25, 0.3) is 0 Å². The highest BCUT2D eigenvalue weighted by Gasteiger charge is 2.16. The van der Waals surface area contributed by atoms with Gasteiger partial charge in [0, 0.05) is 24.2 Å². The van der Waals surface area contributed by atoms with E-state index in [0.717, 1.165) is 5.56 Å². The summed E-state index contributed by atoms with van der Waals surface area (Å²) in [5.74, 6) is -0.0333.